The van der Waals surface area contributed by atoms with Crippen molar-refractivity contribution in [3.63, 3.8) is 0 Å². The fourth-order valence-electron chi connectivity index (χ4n) is 1.51. The van der Waals surface area contributed by atoms with Gasteiger partial charge in [-0.1, -0.05) is 23.8 Å². The van der Waals surface area contributed by atoms with Crippen LogP contribution in [0.1, 0.15) is 23.6 Å². The van der Waals surface area contributed by atoms with Crippen LogP contribution in [0, 0.1) is 13.8 Å². The van der Waals surface area contributed by atoms with Crippen LogP contribution in [0.5, 0.6) is 0 Å². The fourth-order valence-corrected chi connectivity index (χ4v) is 2.13. The Bertz CT molecular complexity index is 452. The van der Waals surface area contributed by atoms with Gasteiger partial charge in [-0.3, -0.25) is 0 Å². The van der Waals surface area contributed by atoms with Crippen molar-refractivity contribution in [2.45, 2.75) is 27.2 Å². The monoisotopic (exact) mass is 241 g/mol. The average Bonchev–Trinajstić information content (AvgIpc) is 2.23. The Balaban J connectivity index is 2.59. The van der Waals surface area contributed by atoms with Gasteiger partial charge in [0, 0.05) is 6.54 Å². The van der Waals surface area contributed by atoms with Gasteiger partial charge in [0.05, 0.1) is 5.75 Å². The van der Waals surface area contributed by atoms with Crippen molar-refractivity contribution in [1.29, 1.82) is 0 Å². The van der Waals surface area contributed by atoms with Crippen molar-refractivity contribution in [3.8, 4) is 0 Å². The van der Waals surface area contributed by atoms with Crippen LogP contribution in [0.4, 0.5) is 0 Å². The van der Waals surface area contributed by atoms with E-state index >= 15 is 0 Å². The molecule has 0 bridgehead atoms. The van der Waals surface area contributed by atoms with E-state index in [-0.39, 0.29) is 5.75 Å². The fraction of sp³-hybridized carbons (Fsp3) is 0.500. The molecule has 0 aromatic heterocycles. The number of sulfonamides is 1. The normalized spacial score (nSPS) is 11.7. The van der Waals surface area contributed by atoms with Gasteiger partial charge in [0.15, 0.2) is 0 Å². The molecule has 0 aliphatic heterocycles. The van der Waals surface area contributed by atoms with Gasteiger partial charge >= 0.3 is 0 Å². The summed E-state index contributed by atoms with van der Waals surface area (Å²) in [6.07, 6.45) is 0.743. The molecule has 0 aliphatic carbocycles. The van der Waals surface area contributed by atoms with Crippen molar-refractivity contribution < 1.29 is 8.42 Å². The van der Waals surface area contributed by atoms with Crippen molar-refractivity contribution in [1.82, 2.24) is 4.72 Å². The van der Waals surface area contributed by atoms with Crippen LogP contribution in [-0.2, 0) is 16.4 Å². The van der Waals surface area contributed by atoms with Crippen molar-refractivity contribution in [2.24, 2.45) is 0 Å². The molecule has 0 radical (unpaired) electrons. The third kappa shape index (κ3) is 3.94. The van der Waals surface area contributed by atoms with Gasteiger partial charge in [0.2, 0.25) is 10.0 Å². The smallest absolute Gasteiger partial charge is 0.211 e. The third-order valence-electron chi connectivity index (χ3n) is 2.60. The molecule has 4 heteroatoms. The second-order valence-electron chi connectivity index (χ2n) is 3.98. The number of hydrogen-bond acceptors (Lipinski definition) is 2. The lowest BCUT2D eigenvalue weighted by molar-refractivity contribution is 0.583. The first kappa shape index (κ1) is 13.2. The van der Waals surface area contributed by atoms with Gasteiger partial charge < -0.3 is 0 Å². The van der Waals surface area contributed by atoms with Gasteiger partial charge in [-0.25, -0.2) is 13.1 Å². The molecule has 0 saturated carbocycles. The summed E-state index contributed by atoms with van der Waals surface area (Å²) in [5.41, 5.74) is 3.62. The first-order valence-electron chi connectivity index (χ1n) is 5.48. The highest BCUT2D eigenvalue weighted by Crippen LogP contribution is 2.10. The van der Waals surface area contributed by atoms with E-state index in [1.807, 2.05) is 13.8 Å². The number of nitrogens with one attached hydrogen (secondary N) is 1. The highest BCUT2D eigenvalue weighted by atomic mass is 32.2. The van der Waals surface area contributed by atoms with Crippen LogP contribution >= 0.6 is 0 Å². The number of rotatable bonds is 5. The summed E-state index contributed by atoms with van der Waals surface area (Å²) in [6.45, 7) is 6.20. The molecule has 1 aromatic carbocycles. The van der Waals surface area contributed by atoms with Crippen LogP contribution < -0.4 is 4.72 Å². The number of aryl methyl sites for hydroxylation is 2. The molecule has 0 aliphatic rings. The van der Waals surface area contributed by atoms with Crippen LogP contribution in [0.15, 0.2) is 18.2 Å². The Hall–Kier alpha value is -0.870. The van der Waals surface area contributed by atoms with E-state index in [0.29, 0.717) is 6.54 Å². The highest BCUT2D eigenvalue weighted by Gasteiger charge is 2.05. The molecule has 16 heavy (non-hydrogen) atoms. The predicted molar refractivity (Wildman–Crippen MR) is 67.1 cm³/mol. The van der Waals surface area contributed by atoms with Crippen LogP contribution in [0.3, 0.4) is 0 Å². The maximum atomic E-state index is 11.2. The van der Waals surface area contributed by atoms with Crippen molar-refractivity contribution in [2.75, 3.05) is 12.3 Å². The van der Waals surface area contributed by atoms with E-state index in [1.165, 1.54) is 16.7 Å². The van der Waals surface area contributed by atoms with E-state index in [1.54, 1.807) is 6.92 Å². The molecule has 1 N–H and O–H groups in total. The molecule has 3 nitrogen and oxygen atoms in total. The number of hydrogen-bond donors (Lipinski definition) is 1. The van der Waals surface area contributed by atoms with Gasteiger partial charge in [-0.15, -0.1) is 0 Å². The Morgan fingerprint density at radius 1 is 1.25 bits per heavy atom. The van der Waals surface area contributed by atoms with E-state index in [9.17, 15) is 8.42 Å². The number of benzene rings is 1. The summed E-state index contributed by atoms with van der Waals surface area (Å²) < 4.78 is 25.0. The molecule has 90 valence electrons. The molecule has 0 atom stereocenters. The van der Waals surface area contributed by atoms with Crippen LogP contribution in [0.2, 0.25) is 0 Å². The molecule has 1 rings (SSSR count). The molecular formula is C12H19NO2S. The molecule has 0 unspecified atom stereocenters. The van der Waals surface area contributed by atoms with Gasteiger partial charge in [-0.05, 0) is 38.3 Å². The molecule has 0 fully saturated rings. The average molecular weight is 241 g/mol. The lowest BCUT2D eigenvalue weighted by atomic mass is 10.0. The maximum Gasteiger partial charge on any atom is 0.211 e. The van der Waals surface area contributed by atoms with Crippen LogP contribution in [-0.4, -0.2) is 20.7 Å². The van der Waals surface area contributed by atoms with Crippen molar-refractivity contribution in [3.05, 3.63) is 34.9 Å². The van der Waals surface area contributed by atoms with E-state index in [4.69, 9.17) is 0 Å². The Morgan fingerprint density at radius 2 is 1.94 bits per heavy atom. The first-order valence-corrected chi connectivity index (χ1v) is 7.13. The molecule has 0 heterocycles. The summed E-state index contributed by atoms with van der Waals surface area (Å²) in [5.74, 6) is 0.139. The summed E-state index contributed by atoms with van der Waals surface area (Å²) in [6, 6.07) is 6.24. The zero-order chi connectivity index (χ0) is 12.2. The topological polar surface area (TPSA) is 46.2 Å². The second kappa shape index (κ2) is 5.46. The second-order valence-corrected chi connectivity index (χ2v) is 6.07. The predicted octanol–water partition coefficient (Wildman–Crippen LogP) is 1.79. The Labute approximate surface area is 97.9 Å². The van der Waals surface area contributed by atoms with E-state index in [2.05, 4.69) is 22.9 Å². The summed E-state index contributed by atoms with van der Waals surface area (Å²) in [5, 5.41) is 0. The van der Waals surface area contributed by atoms with Gasteiger partial charge in [0.25, 0.3) is 0 Å². The minimum absolute atomic E-state index is 0.139. The summed E-state index contributed by atoms with van der Waals surface area (Å²) in [4.78, 5) is 0. The van der Waals surface area contributed by atoms with Gasteiger partial charge in [-0.2, -0.15) is 0 Å². The minimum atomic E-state index is -3.06. The summed E-state index contributed by atoms with van der Waals surface area (Å²) >= 11 is 0. The molecule has 1 aromatic rings. The van der Waals surface area contributed by atoms with E-state index in [0.717, 1.165) is 6.42 Å². The van der Waals surface area contributed by atoms with Crippen LogP contribution in [0.25, 0.3) is 0 Å². The highest BCUT2D eigenvalue weighted by molar-refractivity contribution is 7.89. The Morgan fingerprint density at radius 3 is 2.56 bits per heavy atom. The minimum Gasteiger partial charge on any atom is -0.215 e. The van der Waals surface area contributed by atoms with Crippen molar-refractivity contribution >= 4 is 10.0 Å². The quantitative estimate of drug-likeness (QED) is 0.854. The first-order chi connectivity index (χ1) is 7.44. The molecule has 0 saturated heterocycles. The van der Waals surface area contributed by atoms with Gasteiger partial charge in [0.1, 0.15) is 0 Å². The SMILES string of the molecule is CCS(=O)(=O)NCCc1cc(C)ccc1C. The molecular weight excluding hydrogens is 222 g/mol. The zero-order valence-electron chi connectivity index (χ0n) is 10.1. The maximum absolute atomic E-state index is 11.2. The zero-order valence-corrected chi connectivity index (χ0v) is 10.9. The Kier molecular flexibility index (Phi) is 4.50. The standard InChI is InChI=1S/C12H19NO2S/c1-4-16(14,15)13-8-7-12-9-10(2)5-6-11(12)3/h5-6,9,13H,4,7-8H2,1-3H3. The third-order valence-corrected chi connectivity index (χ3v) is 4.01. The lowest BCUT2D eigenvalue weighted by Crippen LogP contribution is -2.27. The molecule has 0 amide bonds. The van der Waals surface area contributed by atoms with E-state index < -0.39 is 10.0 Å². The largest absolute Gasteiger partial charge is 0.215 e. The lowest BCUT2D eigenvalue weighted by Gasteiger charge is -2.08. The molecule has 0 spiro atoms. The summed E-state index contributed by atoms with van der Waals surface area (Å²) in [7, 11) is -3.06.